The van der Waals surface area contributed by atoms with Gasteiger partial charge >= 0.3 is 0 Å². The highest BCUT2D eigenvalue weighted by Crippen LogP contribution is 2.29. The zero-order chi connectivity index (χ0) is 18.2. The molecule has 2 rings (SSSR count). The van der Waals surface area contributed by atoms with Crippen LogP contribution in [0.4, 0.5) is 5.69 Å². The standard InChI is InChI=1S/C18H16BrN3O2S/c1-24-17-4-2-3-16(9-17)22(11-14(10-20)18(21)23)25-12-13-5-7-15(19)8-6-13/h2-9,11H,12H2,1H3,(H2,21,23)/b14-11-. The number of amides is 1. The maximum atomic E-state index is 11.4. The summed E-state index contributed by atoms with van der Waals surface area (Å²) in [6.45, 7) is 0. The SMILES string of the molecule is COc1cccc(N(/C=C(/C#N)C(N)=O)SCc2ccc(Br)cc2)c1. The fourth-order valence-corrected chi connectivity index (χ4v) is 3.11. The molecule has 7 heteroatoms. The van der Waals surface area contributed by atoms with Gasteiger partial charge in [-0.2, -0.15) is 5.26 Å². The number of rotatable bonds is 7. The zero-order valence-corrected chi connectivity index (χ0v) is 15.9. The third kappa shape index (κ3) is 5.55. The highest BCUT2D eigenvalue weighted by molar-refractivity contribution is 9.10. The van der Waals surface area contributed by atoms with Crippen LogP contribution in [0.2, 0.25) is 0 Å². The van der Waals surface area contributed by atoms with Crippen molar-refractivity contribution in [2.24, 2.45) is 5.73 Å². The summed E-state index contributed by atoms with van der Waals surface area (Å²) in [5.74, 6) is 0.565. The van der Waals surface area contributed by atoms with Crippen LogP contribution >= 0.6 is 27.9 Å². The van der Waals surface area contributed by atoms with Crippen molar-refractivity contribution in [3.63, 3.8) is 0 Å². The number of carbonyl (C=O) groups is 1. The average molecular weight is 418 g/mol. The van der Waals surface area contributed by atoms with E-state index in [0.29, 0.717) is 11.5 Å². The molecule has 0 aliphatic heterocycles. The Morgan fingerprint density at radius 1 is 1.36 bits per heavy atom. The predicted octanol–water partition coefficient (Wildman–Crippen LogP) is 4.01. The number of ether oxygens (including phenoxy) is 1. The molecule has 25 heavy (non-hydrogen) atoms. The summed E-state index contributed by atoms with van der Waals surface area (Å²) in [6.07, 6.45) is 1.45. The molecule has 5 nitrogen and oxygen atoms in total. The van der Waals surface area contributed by atoms with Gasteiger partial charge in [0.15, 0.2) is 0 Å². The molecule has 0 saturated heterocycles. The van der Waals surface area contributed by atoms with Crippen molar-refractivity contribution in [1.82, 2.24) is 0 Å². The predicted molar refractivity (Wildman–Crippen MR) is 104 cm³/mol. The first-order valence-electron chi connectivity index (χ1n) is 7.26. The van der Waals surface area contributed by atoms with Crippen LogP contribution < -0.4 is 14.8 Å². The second-order valence-electron chi connectivity index (χ2n) is 4.95. The van der Waals surface area contributed by atoms with Crippen molar-refractivity contribution in [2.75, 3.05) is 11.4 Å². The minimum Gasteiger partial charge on any atom is -0.497 e. The van der Waals surface area contributed by atoms with Crippen LogP contribution in [0.5, 0.6) is 5.75 Å². The number of nitriles is 1. The summed E-state index contributed by atoms with van der Waals surface area (Å²) in [5.41, 5.74) is 7.02. The third-order valence-electron chi connectivity index (χ3n) is 3.22. The molecule has 0 saturated carbocycles. The van der Waals surface area contributed by atoms with Gasteiger partial charge in [-0.15, -0.1) is 0 Å². The Labute approximate surface area is 159 Å². The Balaban J connectivity index is 2.29. The molecule has 0 heterocycles. The van der Waals surface area contributed by atoms with E-state index in [2.05, 4.69) is 15.9 Å². The summed E-state index contributed by atoms with van der Waals surface area (Å²) in [4.78, 5) is 11.4. The number of hydrogen-bond acceptors (Lipinski definition) is 5. The van der Waals surface area contributed by atoms with Crippen LogP contribution in [0.1, 0.15) is 5.56 Å². The van der Waals surface area contributed by atoms with E-state index < -0.39 is 5.91 Å². The van der Waals surface area contributed by atoms with Crippen LogP contribution in [-0.4, -0.2) is 13.0 Å². The summed E-state index contributed by atoms with van der Waals surface area (Å²) in [5, 5.41) is 9.12. The molecule has 0 bridgehead atoms. The number of benzene rings is 2. The van der Waals surface area contributed by atoms with Crippen molar-refractivity contribution in [1.29, 1.82) is 5.26 Å². The Morgan fingerprint density at radius 2 is 2.08 bits per heavy atom. The van der Waals surface area contributed by atoms with E-state index in [0.717, 1.165) is 15.7 Å². The van der Waals surface area contributed by atoms with Crippen LogP contribution in [-0.2, 0) is 10.5 Å². The normalized spacial score (nSPS) is 10.8. The molecule has 0 aliphatic carbocycles. The van der Waals surface area contributed by atoms with Gasteiger partial charge in [0.05, 0.1) is 12.8 Å². The summed E-state index contributed by atoms with van der Waals surface area (Å²) in [7, 11) is 1.58. The molecule has 0 unspecified atom stereocenters. The van der Waals surface area contributed by atoms with Gasteiger partial charge in [0.25, 0.3) is 5.91 Å². The average Bonchev–Trinajstić information content (AvgIpc) is 2.63. The summed E-state index contributed by atoms with van der Waals surface area (Å²) >= 11 is 4.85. The second kappa shape index (κ2) is 9.16. The van der Waals surface area contributed by atoms with E-state index in [1.165, 1.54) is 18.1 Å². The van der Waals surface area contributed by atoms with Crippen molar-refractivity contribution < 1.29 is 9.53 Å². The van der Waals surface area contributed by atoms with E-state index in [9.17, 15) is 4.79 Å². The van der Waals surface area contributed by atoms with Gasteiger partial charge in [0, 0.05) is 22.5 Å². The van der Waals surface area contributed by atoms with Gasteiger partial charge in [-0.25, -0.2) is 0 Å². The zero-order valence-electron chi connectivity index (χ0n) is 13.5. The van der Waals surface area contributed by atoms with Crippen molar-refractivity contribution in [2.45, 2.75) is 5.75 Å². The molecule has 0 fully saturated rings. The van der Waals surface area contributed by atoms with Gasteiger partial charge < -0.3 is 10.5 Å². The lowest BCUT2D eigenvalue weighted by Gasteiger charge is -2.20. The number of nitrogens with zero attached hydrogens (tertiary/aromatic N) is 2. The van der Waals surface area contributed by atoms with E-state index in [4.69, 9.17) is 15.7 Å². The topological polar surface area (TPSA) is 79.3 Å². The molecule has 0 aliphatic rings. The fourth-order valence-electron chi connectivity index (χ4n) is 1.92. The Kier molecular flexibility index (Phi) is 6.92. The molecule has 0 radical (unpaired) electrons. The van der Waals surface area contributed by atoms with Crippen molar-refractivity contribution in [3.05, 3.63) is 70.3 Å². The molecular weight excluding hydrogens is 402 g/mol. The van der Waals surface area contributed by atoms with E-state index in [1.54, 1.807) is 11.4 Å². The lowest BCUT2D eigenvalue weighted by Crippen LogP contribution is -2.16. The number of primary amides is 1. The molecule has 1 amide bonds. The highest BCUT2D eigenvalue weighted by atomic mass is 79.9. The van der Waals surface area contributed by atoms with Crippen LogP contribution in [0.25, 0.3) is 0 Å². The molecule has 2 aromatic rings. The fraction of sp³-hybridized carbons (Fsp3) is 0.111. The number of halogens is 1. The van der Waals surface area contributed by atoms with Gasteiger partial charge in [0.2, 0.25) is 0 Å². The van der Waals surface area contributed by atoms with Gasteiger partial charge in [-0.05, 0) is 41.8 Å². The monoisotopic (exact) mass is 417 g/mol. The van der Waals surface area contributed by atoms with Crippen LogP contribution in [0, 0.1) is 11.3 Å². The smallest absolute Gasteiger partial charge is 0.260 e. The lowest BCUT2D eigenvalue weighted by atomic mass is 10.2. The number of nitrogens with two attached hydrogens (primary N) is 1. The maximum absolute atomic E-state index is 11.4. The Hall–Kier alpha value is -2.43. The van der Waals surface area contributed by atoms with E-state index in [-0.39, 0.29) is 5.57 Å². The lowest BCUT2D eigenvalue weighted by molar-refractivity contribution is -0.114. The van der Waals surface area contributed by atoms with Gasteiger partial charge in [-0.1, -0.05) is 34.1 Å². The molecule has 2 N–H and O–H groups in total. The molecule has 0 aromatic heterocycles. The highest BCUT2D eigenvalue weighted by Gasteiger charge is 2.11. The van der Waals surface area contributed by atoms with E-state index in [1.807, 2.05) is 54.6 Å². The largest absolute Gasteiger partial charge is 0.497 e. The molecular formula is C18H16BrN3O2S. The molecule has 2 aromatic carbocycles. The number of methoxy groups -OCH3 is 1. The first-order chi connectivity index (χ1) is 12.0. The number of anilines is 1. The molecule has 128 valence electrons. The van der Waals surface area contributed by atoms with Crippen LogP contribution in [0.15, 0.2) is 64.8 Å². The van der Waals surface area contributed by atoms with Crippen LogP contribution in [0.3, 0.4) is 0 Å². The number of hydrogen-bond donors (Lipinski definition) is 1. The first-order valence-corrected chi connectivity index (χ1v) is 8.99. The Morgan fingerprint density at radius 3 is 2.68 bits per heavy atom. The second-order valence-corrected chi connectivity index (χ2v) is 6.80. The number of carbonyl (C=O) groups excluding carboxylic acids is 1. The van der Waals surface area contributed by atoms with Gasteiger partial charge in [0.1, 0.15) is 17.4 Å². The molecule has 0 spiro atoms. The molecule has 0 atom stereocenters. The first kappa shape index (κ1) is 18.9. The summed E-state index contributed by atoms with van der Waals surface area (Å²) in [6, 6.07) is 17.1. The maximum Gasteiger partial charge on any atom is 0.260 e. The quantitative estimate of drug-likeness (QED) is 0.418. The van der Waals surface area contributed by atoms with Crippen molar-refractivity contribution >= 4 is 39.5 Å². The Bertz CT molecular complexity index is 816. The summed E-state index contributed by atoms with van der Waals surface area (Å²) < 4.78 is 7.99. The minimum absolute atomic E-state index is 0.119. The third-order valence-corrected chi connectivity index (χ3v) is 4.81. The van der Waals surface area contributed by atoms with E-state index >= 15 is 0 Å². The van der Waals surface area contributed by atoms with Gasteiger partial charge in [-0.3, -0.25) is 9.10 Å². The minimum atomic E-state index is -0.764. The van der Waals surface area contributed by atoms with Crippen molar-refractivity contribution in [3.8, 4) is 11.8 Å².